The first-order valence-corrected chi connectivity index (χ1v) is 6.44. The van der Waals surface area contributed by atoms with E-state index in [-0.39, 0.29) is 17.5 Å². The van der Waals surface area contributed by atoms with E-state index in [1.165, 1.54) is 19.9 Å². The van der Waals surface area contributed by atoms with E-state index in [1.807, 2.05) is 0 Å². The maximum atomic E-state index is 12.7. The third-order valence-corrected chi connectivity index (χ3v) is 2.55. The molecule has 0 aliphatic heterocycles. The number of alkyl halides is 4. The van der Waals surface area contributed by atoms with Gasteiger partial charge in [0, 0.05) is 13.0 Å². The van der Waals surface area contributed by atoms with Gasteiger partial charge in [0.05, 0.1) is 11.9 Å². The van der Waals surface area contributed by atoms with Gasteiger partial charge in [-0.1, -0.05) is 0 Å². The average molecular weight is 337 g/mol. The summed E-state index contributed by atoms with van der Waals surface area (Å²) in [5, 5.41) is 4.80. The van der Waals surface area contributed by atoms with Crippen molar-refractivity contribution in [1.29, 1.82) is 0 Å². The van der Waals surface area contributed by atoms with Gasteiger partial charge in [-0.25, -0.2) is 13.8 Å². The first-order valence-electron chi connectivity index (χ1n) is 6.44. The highest BCUT2D eigenvalue weighted by Gasteiger charge is 2.41. The van der Waals surface area contributed by atoms with E-state index < -0.39 is 30.9 Å². The molecule has 6 nitrogen and oxygen atoms in total. The summed E-state index contributed by atoms with van der Waals surface area (Å²) in [6.45, 7) is 1.21. The van der Waals surface area contributed by atoms with Gasteiger partial charge in [-0.2, -0.15) is 8.78 Å². The molecule has 0 spiro atoms. The summed E-state index contributed by atoms with van der Waals surface area (Å²) < 4.78 is 53.8. The number of anilines is 1. The van der Waals surface area contributed by atoms with Crippen molar-refractivity contribution in [3.63, 3.8) is 0 Å². The third-order valence-electron chi connectivity index (χ3n) is 2.55. The molecular formula is C13H15F4N3O3. The van der Waals surface area contributed by atoms with Crippen LogP contribution < -0.4 is 15.4 Å². The fourth-order valence-corrected chi connectivity index (χ4v) is 1.39. The summed E-state index contributed by atoms with van der Waals surface area (Å²) in [5.74, 6) is -5.46. The quantitative estimate of drug-likeness (QED) is 0.744. The third kappa shape index (κ3) is 6.09. The van der Waals surface area contributed by atoms with Crippen LogP contribution in [0.4, 0.5) is 23.2 Å². The predicted octanol–water partition coefficient (Wildman–Crippen LogP) is 1.82. The van der Waals surface area contributed by atoms with Crippen LogP contribution in [-0.2, 0) is 9.59 Å². The summed E-state index contributed by atoms with van der Waals surface area (Å²) >= 11 is 0. The topological polar surface area (TPSA) is 80.3 Å². The van der Waals surface area contributed by atoms with Crippen molar-refractivity contribution < 1.29 is 31.9 Å². The lowest BCUT2D eigenvalue weighted by Gasteiger charge is -2.16. The Kier molecular flexibility index (Phi) is 6.28. The number of carbonyl (C=O) groups is 2. The highest BCUT2D eigenvalue weighted by atomic mass is 19.3. The molecule has 0 saturated carbocycles. The second-order valence-corrected chi connectivity index (χ2v) is 4.65. The average Bonchev–Trinajstić information content (AvgIpc) is 2.45. The number of amides is 2. The molecule has 0 aromatic carbocycles. The number of rotatable bonds is 7. The molecule has 128 valence electrons. The van der Waals surface area contributed by atoms with Crippen molar-refractivity contribution in [3.05, 3.63) is 18.3 Å². The van der Waals surface area contributed by atoms with Gasteiger partial charge in [0.1, 0.15) is 6.04 Å². The summed E-state index contributed by atoms with van der Waals surface area (Å²) in [5.41, 5.74) is 0.222. The lowest BCUT2D eigenvalue weighted by atomic mass is 10.3. The molecule has 1 aromatic rings. The molecule has 1 atom stereocenters. The molecule has 2 amide bonds. The molecule has 0 unspecified atom stereocenters. The van der Waals surface area contributed by atoms with E-state index in [1.54, 1.807) is 0 Å². The van der Waals surface area contributed by atoms with Crippen molar-refractivity contribution >= 4 is 17.5 Å². The lowest BCUT2D eigenvalue weighted by molar-refractivity contribution is -0.148. The molecule has 0 aliphatic rings. The molecule has 10 heteroatoms. The van der Waals surface area contributed by atoms with Crippen LogP contribution in [0.3, 0.4) is 0 Å². The molecule has 23 heavy (non-hydrogen) atoms. The van der Waals surface area contributed by atoms with Gasteiger partial charge in [0.2, 0.25) is 17.7 Å². The predicted molar refractivity (Wildman–Crippen MR) is 72.6 cm³/mol. The van der Waals surface area contributed by atoms with Gasteiger partial charge in [-0.15, -0.1) is 0 Å². The number of halogens is 4. The number of pyridine rings is 1. The van der Waals surface area contributed by atoms with E-state index in [2.05, 4.69) is 20.4 Å². The maximum Gasteiger partial charge on any atom is 0.340 e. The molecule has 2 N–H and O–H groups in total. The molecule has 0 saturated heterocycles. The first kappa shape index (κ1) is 18.7. The van der Waals surface area contributed by atoms with Crippen LogP contribution in [0.1, 0.15) is 13.8 Å². The minimum absolute atomic E-state index is 0.222. The molecule has 1 heterocycles. The Hall–Kier alpha value is -2.39. The molecular weight excluding hydrogens is 322 g/mol. The monoisotopic (exact) mass is 337 g/mol. The Labute approximate surface area is 129 Å². The number of carbonyl (C=O) groups excluding carboxylic acids is 2. The summed E-state index contributed by atoms with van der Waals surface area (Å²) in [4.78, 5) is 26.1. The Bertz CT molecular complexity index is 552. The van der Waals surface area contributed by atoms with E-state index in [9.17, 15) is 27.2 Å². The molecule has 1 aromatic heterocycles. The highest BCUT2D eigenvalue weighted by Crippen LogP contribution is 2.24. The van der Waals surface area contributed by atoms with Gasteiger partial charge in [0.25, 0.3) is 0 Å². The lowest BCUT2D eigenvalue weighted by Crippen LogP contribution is -2.40. The van der Waals surface area contributed by atoms with Crippen LogP contribution in [-0.4, -0.2) is 41.8 Å². The molecule has 0 aliphatic carbocycles. The minimum atomic E-state index is -4.28. The zero-order valence-electron chi connectivity index (χ0n) is 12.3. The van der Waals surface area contributed by atoms with Crippen molar-refractivity contribution in [2.45, 2.75) is 32.2 Å². The minimum Gasteiger partial charge on any atom is -0.471 e. The van der Waals surface area contributed by atoms with E-state index in [0.717, 1.165) is 12.3 Å². The van der Waals surface area contributed by atoms with Crippen LogP contribution >= 0.6 is 0 Å². The van der Waals surface area contributed by atoms with E-state index in [4.69, 9.17) is 0 Å². The fourth-order valence-electron chi connectivity index (χ4n) is 1.39. The zero-order chi connectivity index (χ0) is 17.6. The zero-order valence-corrected chi connectivity index (χ0v) is 12.3. The van der Waals surface area contributed by atoms with Gasteiger partial charge in [-0.05, 0) is 13.0 Å². The number of hydrogen-bond donors (Lipinski definition) is 2. The van der Waals surface area contributed by atoms with Gasteiger partial charge >= 0.3 is 12.3 Å². The van der Waals surface area contributed by atoms with Crippen LogP contribution in [0, 0.1) is 0 Å². The SMILES string of the molecule is CC(=O)N[C@H](C)C(=O)Nc1ccc(OCC(F)(F)C(F)F)nc1. The van der Waals surface area contributed by atoms with Crippen molar-refractivity contribution in [2.75, 3.05) is 11.9 Å². The molecule has 0 bridgehead atoms. The fraction of sp³-hybridized carbons (Fsp3) is 0.462. The Morgan fingerprint density at radius 3 is 2.48 bits per heavy atom. The van der Waals surface area contributed by atoms with E-state index >= 15 is 0 Å². The largest absolute Gasteiger partial charge is 0.471 e. The van der Waals surface area contributed by atoms with Gasteiger partial charge in [0.15, 0.2) is 6.61 Å². The first-order chi connectivity index (χ1) is 10.6. The number of ether oxygens (including phenoxy) is 1. The van der Waals surface area contributed by atoms with E-state index in [0.29, 0.717) is 0 Å². The van der Waals surface area contributed by atoms with Crippen LogP contribution in [0.15, 0.2) is 18.3 Å². The molecule has 0 radical (unpaired) electrons. The number of aromatic nitrogens is 1. The molecule has 0 fully saturated rings. The van der Waals surface area contributed by atoms with Crippen molar-refractivity contribution in [2.24, 2.45) is 0 Å². The van der Waals surface area contributed by atoms with Crippen LogP contribution in [0.2, 0.25) is 0 Å². The van der Waals surface area contributed by atoms with Crippen LogP contribution in [0.5, 0.6) is 5.88 Å². The van der Waals surface area contributed by atoms with Gasteiger partial charge in [-0.3, -0.25) is 9.59 Å². The van der Waals surface area contributed by atoms with Gasteiger partial charge < -0.3 is 15.4 Å². The second-order valence-electron chi connectivity index (χ2n) is 4.65. The Morgan fingerprint density at radius 2 is 2.00 bits per heavy atom. The number of hydrogen-bond acceptors (Lipinski definition) is 4. The summed E-state index contributed by atoms with van der Waals surface area (Å²) in [6, 6.07) is 1.65. The highest BCUT2D eigenvalue weighted by molar-refractivity contribution is 5.96. The smallest absolute Gasteiger partial charge is 0.340 e. The number of nitrogens with zero attached hydrogens (tertiary/aromatic N) is 1. The van der Waals surface area contributed by atoms with Crippen molar-refractivity contribution in [3.8, 4) is 5.88 Å². The maximum absolute atomic E-state index is 12.7. The normalized spacial score (nSPS) is 12.7. The second kappa shape index (κ2) is 7.75. The summed E-state index contributed by atoms with van der Waals surface area (Å²) in [6.07, 6.45) is -2.73. The Balaban J connectivity index is 2.57. The Morgan fingerprint density at radius 1 is 1.35 bits per heavy atom. The molecule has 1 rings (SSSR count). The standard InChI is InChI=1S/C13H15F4N3O3/c1-7(19-8(2)21)11(22)20-9-3-4-10(18-5-9)23-6-13(16,17)12(14)15/h3-5,7,12H,6H2,1-2H3,(H,19,21)(H,20,22)/t7-/m1/s1. The summed E-state index contributed by atoms with van der Waals surface area (Å²) in [7, 11) is 0. The number of nitrogens with one attached hydrogen (secondary N) is 2. The van der Waals surface area contributed by atoms with Crippen LogP contribution in [0.25, 0.3) is 0 Å². The van der Waals surface area contributed by atoms with Crippen molar-refractivity contribution in [1.82, 2.24) is 10.3 Å².